The Morgan fingerprint density at radius 2 is 1.16 bits per heavy atom. The first kappa shape index (κ1) is 43.2. The van der Waals surface area contributed by atoms with Gasteiger partial charge in [0.25, 0.3) is 0 Å². The van der Waals surface area contributed by atoms with Crippen molar-refractivity contribution in [3.8, 4) is 0 Å². The summed E-state index contributed by atoms with van der Waals surface area (Å²) in [4.78, 5) is 45.4. The average molecular weight is 664 g/mol. The summed E-state index contributed by atoms with van der Waals surface area (Å²) in [5.41, 5.74) is 0. The van der Waals surface area contributed by atoms with Gasteiger partial charge in [0.2, 0.25) is 5.91 Å². The lowest BCUT2D eigenvalue weighted by atomic mass is 10.1. The van der Waals surface area contributed by atoms with Gasteiger partial charge >= 0.3 is 19.8 Å². The highest BCUT2D eigenvalue weighted by atomic mass is 31.2. The van der Waals surface area contributed by atoms with E-state index in [2.05, 4.69) is 31.3 Å². The predicted octanol–water partition coefficient (Wildman–Crippen LogP) is 7.38. The number of aliphatic hydroxyl groups is 1. The van der Waals surface area contributed by atoms with Crippen LogP contribution in [0.2, 0.25) is 0 Å². The Kier molecular flexibility index (Phi) is 28.4. The first-order valence-electron chi connectivity index (χ1n) is 17.2. The molecule has 0 rings (SSSR count). The molecule has 0 aromatic rings. The molecule has 0 aliphatic carbocycles. The number of carboxylic acids is 1. The molecule has 0 aromatic heterocycles. The van der Waals surface area contributed by atoms with Crippen molar-refractivity contribution in [2.24, 2.45) is 0 Å². The number of carbonyl (C=O) groups is 3. The van der Waals surface area contributed by atoms with Gasteiger partial charge in [-0.05, 0) is 38.5 Å². The minimum absolute atomic E-state index is 0.148. The molecule has 11 nitrogen and oxygen atoms in total. The van der Waals surface area contributed by atoms with Crippen LogP contribution in [0.3, 0.4) is 0 Å². The third-order valence-corrected chi connectivity index (χ3v) is 8.26. The molecule has 0 bridgehead atoms. The molecule has 0 fully saturated rings. The number of aliphatic hydroxyl groups excluding tert-OH is 1. The first-order chi connectivity index (χ1) is 21.6. The molecule has 264 valence electrons. The van der Waals surface area contributed by atoms with Crippen LogP contribution in [0.5, 0.6) is 0 Å². The fraction of sp³-hybridized carbons (Fsp3) is 0.848. The Hall–Kier alpha value is -1.78. The lowest BCUT2D eigenvalue weighted by Gasteiger charge is -2.18. The summed E-state index contributed by atoms with van der Waals surface area (Å²) in [6.07, 6.45) is 24.0. The lowest BCUT2D eigenvalue weighted by molar-refractivity contribution is -0.147. The third-order valence-electron chi connectivity index (χ3n) is 7.30. The molecule has 0 aromatic carbocycles. The van der Waals surface area contributed by atoms with E-state index in [0.29, 0.717) is 12.8 Å². The molecule has 0 aliphatic rings. The van der Waals surface area contributed by atoms with Crippen molar-refractivity contribution in [3.05, 3.63) is 12.2 Å². The fourth-order valence-electron chi connectivity index (χ4n) is 4.54. The van der Waals surface area contributed by atoms with Gasteiger partial charge in [-0.15, -0.1) is 0 Å². The molecule has 0 radical (unpaired) electrons. The van der Waals surface area contributed by atoms with Crippen molar-refractivity contribution >= 4 is 25.7 Å². The molecule has 1 amide bonds. The van der Waals surface area contributed by atoms with Crippen LogP contribution < -0.4 is 5.32 Å². The number of allylic oxidation sites excluding steroid dienone is 2. The fourth-order valence-corrected chi connectivity index (χ4v) is 5.32. The van der Waals surface area contributed by atoms with E-state index < -0.39 is 57.6 Å². The largest absolute Gasteiger partial charge is 0.480 e. The van der Waals surface area contributed by atoms with Crippen LogP contribution in [-0.2, 0) is 32.7 Å². The molecule has 4 N–H and O–H groups in total. The summed E-state index contributed by atoms with van der Waals surface area (Å²) in [5, 5.41) is 21.6. The Morgan fingerprint density at radius 3 is 1.73 bits per heavy atom. The van der Waals surface area contributed by atoms with E-state index in [1.54, 1.807) is 0 Å². The minimum Gasteiger partial charge on any atom is -0.480 e. The maximum Gasteiger partial charge on any atom is 0.472 e. The zero-order valence-electron chi connectivity index (χ0n) is 27.9. The van der Waals surface area contributed by atoms with Crippen LogP contribution in [0.15, 0.2) is 12.2 Å². The lowest BCUT2D eigenvalue weighted by Crippen LogP contribution is -2.43. The number of amides is 1. The monoisotopic (exact) mass is 663 g/mol. The minimum atomic E-state index is -4.74. The predicted molar refractivity (Wildman–Crippen MR) is 176 cm³/mol. The average Bonchev–Trinajstić information content (AvgIpc) is 3.00. The van der Waals surface area contributed by atoms with Crippen molar-refractivity contribution in [3.63, 3.8) is 0 Å². The summed E-state index contributed by atoms with van der Waals surface area (Å²) in [7, 11) is -4.74. The van der Waals surface area contributed by atoms with Crippen LogP contribution in [0.1, 0.15) is 149 Å². The molecule has 12 heteroatoms. The molecule has 45 heavy (non-hydrogen) atoms. The summed E-state index contributed by atoms with van der Waals surface area (Å²) in [5.74, 6) is -2.39. The van der Waals surface area contributed by atoms with Crippen LogP contribution in [-0.4, -0.2) is 64.9 Å². The van der Waals surface area contributed by atoms with E-state index >= 15 is 0 Å². The number of esters is 1. The first-order valence-corrected chi connectivity index (χ1v) is 18.7. The number of carboxylic acid groups (broad SMARTS) is 1. The summed E-state index contributed by atoms with van der Waals surface area (Å²) >= 11 is 0. The van der Waals surface area contributed by atoms with Crippen molar-refractivity contribution < 1.29 is 47.8 Å². The van der Waals surface area contributed by atoms with Gasteiger partial charge in [0, 0.05) is 12.8 Å². The molecule has 3 unspecified atom stereocenters. The van der Waals surface area contributed by atoms with Gasteiger partial charge in [0.05, 0.1) is 13.2 Å². The van der Waals surface area contributed by atoms with Crippen molar-refractivity contribution in [2.45, 2.75) is 161 Å². The summed E-state index contributed by atoms with van der Waals surface area (Å²) < 4.78 is 26.6. The SMILES string of the molecule is CCCCC/C=C\CCCCCCCC(=O)OCC(O)COP(=O)(O)OCC(NC(=O)CCCCCCCCCCC)C(=O)O. The van der Waals surface area contributed by atoms with Gasteiger partial charge < -0.3 is 25.2 Å². The highest BCUT2D eigenvalue weighted by molar-refractivity contribution is 7.47. The molecule has 0 saturated heterocycles. The summed E-state index contributed by atoms with van der Waals surface area (Å²) in [6.45, 7) is 2.49. The maximum absolute atomic E-state index is 12.1. The second-order valence-corrected chi connectivity index (χ2v) is 13.2. The van der Waals surface area contributed by atoms with Gasteiger partial charge in [-0.3, -0.25) is 18.6 Å². The van der Waals surface area contributed by atoms with Gasteiger partial charge in [0.1, 0.15) is 12.7 Å². The molecule has 3 atom stereocenters. The second kappa shape index (κ2) is 29.6. The van der Waals surface area contributed by atoms with E-state index in [0.717, 1.165) is 57.8 Å². The quantitative estimate of drug-likeness (QED) is 0.0247. The number of hydrogen-bond acceptors (Lipinski definition) is 8. The van der Waals surface area contributed by atoms with Gasteiger partial charge in [0.15, 0.2) is 6.04 Å². The Bertz CT molecular complexity index is 838. The van der Waals surface area contributed by atoms with Crippen LogP contribution >= 0.6 is 7.82 Å². The third kappa shape index (κ3) is 29.4. The van der Waals surface area contributed by atoms with Gasteiger partial charge in [-0.25, -0.2) is 9.36 Å². The Balaban J connectivity index is 4.01. The number of phosphoric acid groups is 1. The molecule has 0 heterocycles. The smallest absolute Gasteiger partial charge is 0.472 e. The highest BCUT2D eigenvalue weighted by Crippen LogP contribution is 2.43. The van der Waals surface area contributed by atoms with Crippen molar-refractivity contribution in [1.29, 1.82) is 0 Å². The number of hydrogen-bond donors (Lipinski definition) is 4. The van der Waals surface area contributed by atoms with Crippen LogP contribution in [0.25, 0.3) is 0 Å². The molecule has 0 aliphatic heterocycles. The second-order valence-electron chi connectivity index (χ2n) is 11.7. The van der Waals surface area contributed by atoms with E-state index in [1.807, 2.05) is 0 Å². The summed E-state index contributed by atoms with van der Waals surface area (Å²) in [6, 6.07) is -1.54. The number of carbonyl (C=O) groups excluding carboxylic acids is 2. The number of phosphoric ester groups is 1. The molecule has 0 spiro atoms. The normalized spacial score (nSPS) is 14.2. The zero-order valence-corrected chi connectivity index (χ0v) is 28.8. The van der Waals surface area contributed by atoms with E-state index in [4.69, 9.17) is 13.8 Å². The van der Waals surface area contributed by atoms with Crippen LogP contribution in [0.4, 0.5) is 0 Å². The maximum atomic E-state index is 12.1. The Labute approximate surface area is 271 Å². The molecule has 0 saturated carbocycles. The van der Waals surface area contributed by atoms with Gasteiger partial charge in [-0.1, -0.05) is 109 Å². The Morgan fingerprint density at radius 1 is 0.689 bits per heavy atom. The number of rotatable bonds is 32. The topological polar surface area (TPSA) is 169 Å². The number of aliphatic carboxylic acids is 1. The van der Waals surface area contributed by atoms with E-state index in [-0.39, 0.29) is 12.8 Å². The van der Waals surface area contributed by atoms with Crippen molar-refractivity contribution in [2.75, 3.05) is 19.8 Å². The highest BCUT2D eigenvalue weighted by Gasteiger charge is 2.28. The van der Waals surface area contributed by atoms with E-state index in [1.165, 1.54) is 51.4 Å². The molecular weight excluding hydrogens is 601 g/mol. The number of unbranched alkanes of at least 4 members (excludes halogenated alkanes) is 16. The standard InChI is InChI=1S/C33H62NO10P/c1-3-5-7-9-11-13-14-15-17-19-21-23-25-32(37)42-26-29(35)27-43-45(40,41)44-28-30(33(38)39)34-31(36)24-22-20-18-16-12-10-8-6-4-2/h11,13,29-30,35H,3-10,12,14-28H2,1-2H3,(H,34,36)(H,38,39)(H,40,41)/b13-11-. The van der Waals surface area contributed by atoms with Gasteiger partial charge in [-0.2, -0.15) is 0 Å². The number of ether oxygens (including phenoxy) is 1. The van der Waals surface area contributed by atoms with Crippen molar-refractivity contribution in [1.82, 2.24) is 5.32 Å². The van der Waals surface area contributed by atoms with Crippen LogP contribution in [0, 0.1) is 0 Å². The van der Waals surface area contributed by atoms with E-state index in [9.17, 15) is 34.1 Å². The zero-order chi connectivity index (χ0) is 33.6. The molecular formula is C33H62NO10P. The number of nitrogens with one attached hydrogen (secondary N) is 1.